The highest BCUT2D eigenvalue weighted by Gasteiger charge is 2.16. The van der Waals surface area contributed by atoms with E-state index in [-0.39, 0.29) is 68.4 Å². The van der Waals surface area contributed by atoms with Crippen LogP contribution < -0.4 is 55.6 Å². The zero-order valence-corrected chi connectivity index (χ0v) is 56.1. The summed E-state index contributed by atoms with van der Waals surface area (Å²) in [6.45, 7) is 17.7. The summed E-state index contributed by atoms with van der Waals surface area (Å²) in [6.07, 6.45) is 0. The number of esters is 1. The summed E-state index contributed by atoms with van der Waals surface area (Å²) in [4.78, 5) is 83.3. The fourth-order valence-electron chi connectivity index (χ4n) is 8.86. The minimum atomic E-state index is -0.495. The number of aryl methyl sites for hydroxylation is 5. The van der Waals surface area contributed by atoms with Crippen LogP contribution in [0.1, 0.15) is 118 Å². The van der Waals surface area contributed by atoms with Crippen LogP contribution in [-0.2, 0) is 45.3 Å². The summed E-state index contributed by atoms with van der Waals surface area (Å²) in [5, 5.41) is 25.6. The first-order valence-corrected chi connectivity index (χ1v) is 31.2. The zero-order valence-electron chi connectivity index (χ0n) is 56.1. The van der Waals surface area contributed by atoms with E-state index in [0.717, 1.165) is 56.0 Å². The predicted molar refractivity (Wildman–Crippen MR) is 368 cm³/mol. The van der Waals surface area contributed by atoms with Crippen molar-refractivity contribution < 1.29 is 62.0 Å². The van der Waals surface area contributed by atoms with Crippen LogP contribution in [0.2, 0.25) is 0 Å². The van der Waals surface area contributed by atoms with E-state index in [2.05, 4.69) is 31.9 Å². The molecule has 6 N–H and O–H groups in total. The summed E-state index contributed by atoms with van der Waals surface area (Å²) in [6, 6.07) is 55.2. The molecule has 0 atom stereocenters. The third-order valence-corrected chi connectivity index (χ3v) is 13.8. The van der Waals surface area contributed by atoms with Gasteiger partial charge in [0.2, 0.25) is 0 Å². The van der Waals surface area contributed by atoms with Gasteiger partial charge in [-0.3, -0.25) is 28.8 Å². The molecule has 0 spiro atoms. The molecule has 0 unspecified atom stereocenters. The average molecular weight is 1300 g/mol. The molecule has 0 radical (unpaired) electrons. The van der Waals surface area contributed by atoms with Crippen molar-refractivity contribution in [2.75, 3.05) is 53.7 Å². The third-order valence-electron chi connectivity index (χ3n) is 13.8. The molecule has 8 aromatic rings. The lowest BCUT2D eigenvalue weighted by molar-refractivity contribution is -0.145. The van der Waals surface area contributed by atoms with Crippen molar-refractivity contribution in [1.82, 2.24) is 31.9 Å². The number of carbonyl (C=O) groups excluding carboxylic acids is 7. The van der Waals surface area contributed by atoms with E-state index >= 15 is 0 Å². The Hall–Kier alpha value is -11.5. The molecule has 0 aliphatic heterocycles. The van der Waals surface area contributed by atoms with Crippen LogP contribution in [0.4, 0.5) is 0 Å². The third kappa shape index (κ3) is 26.3. The van der Waals surface area contributed by atoms with Crippen molar-refractivity contribution in [1.29, 1.82) is 5.26 Å². The van der Waals surface area contributed by atoms with Gasteiger partial charge < -0.3 is 60.3 Å². The summed E-state index contributed by atoms with van der Waals surface area (Å²) in [5.74, 6) is 1.29. The number of rotatable bonds is 26. The summed E-state index contributed by atoms with van der Waals surface area (Å²) >= 11 is 0. The van der Waals surface area contributed by atoms with Gasteiger partial charge in [0.05, 0.1) is 31.5 Å². The lowest BCUT2D eigenvalue weighted by Crippen LogP contribution is -2.26. The molecule has 0 bridgehead atoms. The van der Waals surface area contributed by atoms with Gasteiger partial charge in [0, 0.05) is 84.8 Å². The fourth-order valence-corrected chi connectivity index (χ4v) is 8.86. The first-order chi connectivity index (χ1) is 46.2. The van der Waals surface area contributed by atoms with Crippen molar-refractivity contribution in [3.63, 3.8) is 0 Å². The molecule has 20 nitrogen and oxygen atoms in total. The number of ether oxygens (including phenoxy) is 6. The summed E-state index contributed by atoms with van der Waals surface area (Å²) in [5.41, 5.74) is 11.2. The molecule has 8 rings (SSSR count). The Bertz CT molecular complexity index is 3820. The molecular formula is C76H85N7O13. The molecule has 20 heteroatoms. The summed E-state index contributed by atoms with van der Waals surface area (Å²) < 4.78 is 32.5. The molecule has 0 fully saturated rings. The van der Waals surface area contributed by atoms with Gasteiger partial charge in [-0.1, -0.05) is 96.6 Å². The molecule has 0 aliphatic rings. The first kappa shape index (κ1) is 75.3. The van der Waals surface area contributed by atoms with Gasteiger partial charge in [0.1, 0.15) is 28.7 Å². The number of hydrogen-bond acceptors (Lipinski definition) is 14. The number of carbonyl (C=O) groups is 7. The van der Waals surface area contributed by atoms with E-state index in [1.807, 2.05) is 157 Å². The topological polar surface area (TPSA) is 271 Å². The van der Waals surface area contributed by atoms with Crippen molar-refractivity contribution in [2.24, 2.45) is 0 Å². The van der Waals surface area contributed by atoms with Crippen LogP contribution in [-0.4, -0.2) is 95.1 Å². The summed E-state index contributed by atoms with van der Waals surface area (Å²) in [7, 11) is 3.05. The van der Waals surface area contributed by atoms with E-state index in [4.69, 9.17) is 33.7 Å². The van der Waals surface area contributed by atoms with Crippen LogP contribution in [0.15, 0.2) is 176 Å². The lowest BCUT2D eigenvalue weighted by atomic mass is 10.1. The number of benzene rings is 8. The number of likely N-dealkylation sites (N-methyl/N-ethyl adjacent to an activating group) is 2. The molecule has 8 aromatic carbocycles. The maximum Gasteiger partial charge on any atom is 0.344 e. The Morgan fingerprint density at radius 1 is 0.365 bits per heavy atom. The van der Waals surface area contributed by atoms with Crippen LogP contribution >= 0.6 is 0 Å². The Labute approximate surface area is 562 Å². The van der Waals surface area contributed by atoms with Gasteiger partial charge >= 0.3 is 5.97 Å². The largest absolute Gasteiger partial charge is 0.494 e. The molecule has 0 aliphatic carbocycles. The predicted octanol–water partition coefficient (Wildman–Crippen LogP) is 10.9. The van der Waals surface area contributed by atoms with Crippen molar-refractivity contribution in [2.45, 2.75) is 81.6 Å². The van der Waals surface area contributed by atoms with Crippen LogP contribution in [0.3, 0.4) is 0 Å². The van der Waals surface area contributed by atoms with Gasteiger partial charge in [0.25, 0.3) is 35.4 Å². The van der Waals surface area contributed by atoms with Crippen LogP contribution in [0, 0.1) is 45.9 Å². The molecule has 0 heterocycles. The highest BCUT2D eigenvalue weighted by molar-refractivity contribution is 5.96. The smallest absolute Gasteiger partial charge is 0.344 e. The molecule has 502 valence electrons. The van der Waals surface area contributed by atoms with Gasteiger partial charge in [-0.05, 0) is 163 Å². The highest BCUT2D eigenvalue weighted by atomic mass is 16.6. The monoisotopic (exact) mass is 1300 g/mol. The Kier molecular flexibility index (Phi) is 31.8. The van der Waals surface area contributed by atoms with Gasteiger partial charge in [-0.15, -0.1) is 0 Å². The van der Waals surface area contributed by atoms with Crippen LogP contribution in [0.5, 0.6) is 28.7 Å². The highest BCUT2D eigenvalue weighted by Crippen LogP contribution is 2.25. The lowest BCUT2D eigenvalue weighted by Gasteiger charge is -2.13. The molecule has 0 saturated carbocycles. The molecule has 0 saturated heterocycles. The second-order valence-corrected chi connectivity index (χ2v) is 21.5. The van der Waals surface area contributed by atoms with Crippen LogP contribution in [0.25, 0.3) is 0 Å². The maximum atomic E-state index is 12.7. The SMILES string of the molecule is CCOC(=O)COc1cc(C)cc(C(=O)NCc2ccc(C#N)cc2OCC(=O)NC)c1.CCOc1cc(C)ccc1CNC(=O)c1ccccc1.CCOc1cc(C)ccc1CNC(=O)c1ccccc1.CNC(=O)COc1cc(C)ccc1CNC(=O)c1cccc(C)c1. The Morgan fingerprint density at radius 2 is 0.750 bits per heavy atom. The maximum absolute atomic E-state index is 12.7. The van der Waals surface area contributed by atoms with Gasteiger partial charge in [-0.25, -0.2) is 4.79 Å². The van der Waals surface area contributed by atoms with Crippen molar-refractivity contribution >= 4 is 41.4 Å². The van der Waals surface area contributed by atoms with Gasteiger partial charge in [-0.2, -0.15) is 5.26 Å². The minimum absolute atomic E-state index is 0.0568. The number of amides is 6. The van der Waals surface area contributed by atoms with E-state index in [9.17, 15) is 33.6 Å². The normalized spacial score (nSPS) is 10.1. The fraction of sp³-hybridized carbons (Fsp3) is 0.263. The first-order valence-electron chi connectivity index (χ1n) is 31.2. The van der Waals surface area contributed by atoms with E-state index in [0.29, 0.717) is 83.5 Å². The zero-order chi connectivity index (χ0) is 69.8. The molecular weight excluding hydrogens is 1220 g/mol. The Balaban J connectivity index is 0.000000236. The quantitative estimate of drug-likeness (QED) is 0.0275. The van der Waals surface area contributed by atoms with Gasteiger partial charge in [0.15, 0.2) is 19.8 Å². The van der Waals surface area contributed by atoms with E-state index < -0.39 is 5.97 Å². The van der Waals surface area contributed by atoms with Crippen molar-refractivity contribution in [3.05, 3.63) is 254 Å². The van der Waals surface area contributed by atoms with Crippen molar-refractivity contribution in [3.8, 4) is 34.8 Å². The standard InChI is InChI=1S/C23H25N3O6.C19H22N2O3.2C17H19NO2/c1-4-30-22(28)14-31-19-8-15(2)7-18(10-19)23(29)26-12-17-6-5-16(11-24)9-20(17)32-13-21(27)25-3;1-13-5-4-6-15(9-13)19(23)21-11-16-8-7-14(2)10-17(16)24-12-18(22)20-3;2*1-3-20-16-11-13(2)9-10-15(16)12-18-17(19)14-7-5-4-6-8-14/h5-10H,4,12-14H2,1-3H3,(H,25,27)(H,26,29);4-10H,11-12H2,1-3H3,(H,20,22)(H,21,23);2*4-11H,3,12H2,1-2H3,(H,18,19). The minimum Gasteiger partial charge on any atom is -0.494 e. The second-order valence-electron chi connectivity index (χ2n) is 21.5. The van der Waals surface area contributed by atoms with E-state index in [1.165, 1.54) is 19.2 Å². The molecule has 6 amide bonds. The number of hydrogen-bond donors (Lipinski definition) is 6. The van der Waals surface area contributed by atoms with E-state index in [1.54, 1.807) is 75.5 Å². The number of nitrogens with zero attached hydrogens (tertiary/aromatic N) is 1. The Morgan fingerprint density at radius 3 is 1.17 bits per heavy atom. The second kappa shape index (κ2) is 40.5. The number of nitrogens with one attached hydrogen (secondary N) is 6. The number of nitriles is 1. The molecule has 96 heavy (non-hydrogen) atoms. The average Bonchev–Trinajstić information content (AvgIpc) is 1.13. The molecule has 0 aromatic heterocycles.